The van der Waals surface area contributed by atoms with E-state index >= 15 is 0 Å². The summed E-state index contributed by atoms with van der Waals surface area (Å²) >= 11 is 0. The molecule has 0 radical (unpaired) electrons. The molecule has 0 saturated heterocycles. The average Bonchev–Trinajstić information content (AvgIpc) is 2.71. The largest absolute Gasteiger partial charge is 0.465 e. The maximum Gasteiger partial charge on any atom is 0.305 e. The molecule has 1 saturated carbocycles. The molecule has 1 aliphatic rings. The number of aliphatic hydroxyl groups excluding tert-OH is 4. The molecular weight excluding hydrogens is 372 g/mol. The fourth-order valence-corrected chi connectivity index (χ4v) is 4.02. The van der Waals surface area contributed by atoms with Crippen molar-refractivity contribution in [2.75, 3.05) is 6.61 Å². The molecule has 5 atom stereocenters. The zero-order valence-electron chi connectivity index (χ0n) is 18.3. The van der Waals surface area contributed by atoms with Gasteiger partial charge in [0.1, 0.15) is 12.2 Å². The smallest absolute Gasteiger partial charge is 0.305 e. The van der Waals surface area contributed by atoms with Crippen LogP contribution in [0.3, 0.4) is 0 Å². The zero-order chi connectivity index (χ0) is 21.5. The first kappa shape index (κ1) is 26.3. The van der Waals surface area contributed by atoms with Crippen LogP contribution in [0.4, 0.5) is 0 Å². The van der Waals surface area contributed by atoms with Gasteiger partial charge in [-0.2, -0.15) is 0 Å². The lowest BCUT2D eigenvalue weighted by Gasteiger charge is -2.37. The van der Waals surface area contributed by atoms with E-state index in [0.29, 0.717) is 6.42 Å². The molecule has 0 spiro atoms. The fourth-order valence-electron chi connectivity index (χ4n) is 4.02. The van der Waals surface area contributed by atoms with Crippen LogP contribution in [-0.4, -0.2) is 57.4 Å². The Morgan fingerprint density at radius 3 is 1.72 bits per heavy atom. The van der Waals surface area contributed by atoms with Crippen molar-refractivity contribution < 1.29 is 30.0 Å². The van der Waals surface area contributed by atoms with Crippen molar-refractivity contribution >= 4 is 5.97 Å². The molecule has 1 aliphatic carbocycles. The lowest BCUT2D eigenvalue weighted by molar-refractivity contribution is -0.172. The van der Waals surface area contributed by atoms with Gasteiger partial charge in [-0.15, -0.1) is 0 Å². The lowest BCUT2D eigenvalue weighted by Crippen LogP contribution is -2.54. The standard InChI is InChI=1S/C23H44O6/c1-2-3-4-5-6-7-8-9-10-11-12-13-14-15-20(25)29-17-18-16-19(24)22(27)23(28)21(18)26/h18-19,21-24,26-28H,2-17H2,1H3/t18-,19-,21+,22+,23+/m1/s1. The zero-order valence-corrected chi connectivity index (χ0v) is 18.3. The van der Waals surface area contributed by atoms with Crippen LogP contribution in [0.5, 0.6) is 0 Å². The molecule has 172 valence electrons. The number of unbranched alkanes of at least 4 members (excludes halogenated alkanes) is 12. The van der Waals surface area contributed by atoms with E-state index in [9.17, 15) is 25.2 Å². The van der Waals surface area contributed by atoms with Crippen LogP contribution in [0, 0.1) is 5.92 Å². The first-order chi connectivity index (χ1) is 14.0. The van der Waals surface area contributed by atoms with Crippen molar-refractivity contribution in [1.29, 1.82) is 0 Å². The highest BCUT2D eigenvalue weighted by atomic mass is 16.5. The van der Waals surface area contributed by atoms with Gasteiger partial charge in [0.2, 0.25) is 0 Å². The van der Waals surface area contributed by atoms with Gasteiger partial charge in [0.15, 0.2) is 0 Å². The summed E-state index contributed by atoms with van der Waals surface area (Å²) in [5, 5.41) is 38.8. The minimum atomic E-state index is -1.41. The van der Waals surface area contributed by atoms with Crippen LogP contribution in [0.25, 0.3) is 0 Å². The third-order valence-electron chi connectivity index (χ3n) is 6.06. The molecule has 0 aromatic heterocycles. The Labute approximate surface area is 176 Å². The SMILES string of the molecule is CCCCCCCCCCCCCCCC(=O)OC[C@H]1C[C@@H](O)[C@H](O)[C@@H](O)[C@H]1O. The monoisotopic (exact) mass is 416 g/mol. The highest BCUT2D eigenvalue weighted by molar-refractivity contribution is 5.69. The van der Waals surface area contributed by atoms with Crippen molar-refractivity contribution in [3.8, 4) is 0 Å². The Kier molecular flexibility index (Phi) is 14.6. The number of aliphatic hydroxyl groups is 4. The summed E-state index contributed by atoms with van der Waals surface area (Å²) in [6.45, 7) is 2.20. The van der Waals surface area contributed by atoms with Crippen molar-refractivity contribution in [1.82, 2.24) is 0 Å². The molecule has 29 heavy (non-hydrogen) atoms. The summed E-state index contributed by atoms with van der Waals surface area (Å²) in [7, 11) is 0. The van der Waals surface area contributed by atoms with Gasteiger partial charge in [-0.1, -0.05) is 84.0 Å². The Balaban J connectivity index is 1.93. The van der Waals surface area contributed by atoms with E-state index in [4.69, 9.17) is 4.74 Å². The molecule has 0 bridgehead atoms. The molecule has 0 aromatic carbocycles. The Hall–Kier alpha value is -0.690. The van der Waals surface area contributed by atoms with E-state index in [1.165, 1.54) is 64.2 Å². The van der Waals surface area contributed by atoms with Crippen molar-refractivity contribution in [3.63, 3.8) is 0 Å². The Bertz CT molecular complexity index is 416. The minimum absolute atomic E-state index is 0.0424. The van der Waals surface area contributed by atoms with E-state index in [1.54, 1.807) is 0 Å². The van der Waals surface area contributed by atoms with Crippen molar-refractivity contribution in [2.24, 2.45) is 5.92 Å². The van der Waals surface area contributed by atoms with Gasteiger partial charge in [0, 0.05) is 12.3 Å². The molecule has 0 aliphatic heterocycles. The van der Waals surface area contributed by atoms with E-state index in [0.717, 1.165) is 19.3 Å². The number of hydrogen-bond donors (Lipinski definition) is 4. The topological polar surface area (TPSA) is 107 Å². The minimum Gasteiger partial charge on any atom is -0.465 e. The summed E-state index contributed by atoms with van der Waals surface area (Å²) in [5.41, 5.74) is 0. The molecule has 0 aromatic rings. The maximum absolute atomic E-state index is 11.8. The number of esters is 1. The molecule has 1 fully saturated rings. The molecule has 6 heteroatoms. The first-order valence-electron chi connectivity index (χ1n) is 11.8. The second-order valence-electron chi connectivity index (χ2n) is 8.71. The average molecular weight is 417 g/mol. The van der Waals surface area contributed by atoms with E-state index in [-0.39, 0.29) is 19.0 Å². The second-order valence-corrected chi connectivity index (χ2v) is 8.71. The third kappa shape index (κ3) is 11.3. The van der Waals surface area contributed by atoms with Gasteiger partial charge in [-0.3, -0.25) is 4.79 Å². The van der Waals surface area contributed by atoms with Crippen LogP contribution in [0.15, 0.2) is 0 Å². The number of ether oxygens (including phenoxy) is 1. The molecule has 0 heterocycles. The molecule has 6 nitrogen and oxygen atoms in total. The van der Waals surface area contributed by atoms with E-state index in [2.05, 4.69) is 6.92 Å². The number of carbonyl (C=O) groups is 1. The molecule has 0 amide bonds. The first-order valence-corrected chi connectivity index (χ1v) is 11.8. The van der Waals surface area contributed by atoms with Crippen molar-refractivity contribution in [3.05, 3.63) is 0 Å². The maximum atomic E-state index is 11.8. The summed E-state index contributed by atoms with van der Waals surface area (Å²) in [6.07, 6.45) is 11.6. The van der Waals surface area contributed by atoms with Crippen LogP contribution in [-0.2, 0) is 9.53 Å². The summed E-state index contributed by atoms with van der Waals surface area (Å²) in [5.74, 6) is -0.866. The Morgan fingerprint density at radius 2 is 1.21 bits per heavy atom. The van der Waals surface area contributed by atoms with Gasteiger partial charge >= 0.3 is 5.97 Å². The summed E-state index contributed by atoms with van der Waals surface area (Å²) in [6, 6.07) is 0. The van der Waals surface area contributed by atoms with Gasteiger partial charge in [-0.05, 0) is 12.8 Å². The summed E-state index contributed by atoms with van der Waals surface area (Å²) < 4.78 is 5.19. The third-order valence-corrected chi connectivity index (χ3v) is 6.06. The quantitative estimate of drug-likeness (QED) is 0.227. The van der Waals surface area contributed by atoms with Gasteiger partial charge in [0.25, 0.3) is 0 Å². The molecule has 0 unspecified atom stereocenters. The second kappa shape index (κ2) is 16.1. The molecular formula is C23H44O6. The van der Waals surface area contributed by atoms with Gasteiger partial charge in [-0.25, -0.2) is 0 Å². The Morgan fingerprint density at radius 1 is 0.724 bits per heavy atom. The summed E-state index contributed by atoms with van der Waals surface area (Å²) in [4.78, 5) is 11.8. The lowest BCUT2D eigenvalue weighted by atomic mass is 9.81. The van der Waals surface area contributed by atoms with Crippen LogP contribution in [0.1, 0.15) is 103 Å². The highest BCUT2D eigenvalue weighted by Gasteiger charge is 2.42. The fraction of sp³-hybridized carbons (Fsp3) is 0.957. The number of hydrogen-bond acceptors (Lipinski definition) is 6. The van der Waals surface area contributed by atoms with Crippen LogP contribution in [0.2, 0.25) is 0 Å². The number of rotatable bonds is 16. The van der Waals surface area contributed by atoms with Gasteiger partial charge < -0.3 is 25.2 Å². The van der Waals surface area contributed by atoms with Crippen LogP contribution < -0.4 is 0 Å². The van der Waals surface area contributed by atoms with Gasteiger partial charge in [0.05, 0.1) is 18.8 Å². The molecule has 1 rings (SSSR count). The number of carbonyl (C=O) groups excluding carboxylic acids is 1. The normalized spacial score (nSPS) is 27.1. The predicted molar refractivity (Wildman–Crippen MR) is 113 cm³/mol. The van der Waals surface area contributed by atoms with E-state index in [1.807, 2.05) is 0 Å². The predicted octanol–water partition coefficient (Wildman–Crippen LogP) is 3.47. The molecule has 4 N–H and O–H groups in total. The highest BCUT2D eigenvalue weighted by Crippen LogP contribution is 2.26. The van der Waals surface area contributed by atoms with E-state index < -0.39 is 30.3 Å². The van der Waals surface area contributed by atoms with Crippen LogP contribution >= 0.6 is 0 Å². The van der Waals surface area contributed by atoms with Crippen molar-refractivity contribution in [2.45, 2.75) is 128 Å².